The molecule has 2 rings (SSSR count). The van der Waals surface area contributed by atoms with Crippen LogP contribution in [0.2, 0.25) is 0 Å². The fourth-order valence-corrected chi connectivity index (χ4v) is 1.55. The molecule has 0 aliphatic heterocycles. The van der Waals surface area contributed by atoms with Gasteiger partial charge in [-0.15, -0.1) is 0 Å². The molecule has 2 aromatic rings. The van der Waals surface area contributed by atoms with Gasteiger partial charge in [0.05, 0.1) is 12.2 Å². The van der Waals surface area contributed by atoms with Gasteiger partial charge in [0.15, 0.2) is 0 Å². The predicted octanol–water partition coefficient (Wildman–Crippen LogP) is 1.39. The van der Waals surface area contributed by atoms with E-state index < -0.39 is 0 Å². The first-order valence-corrected chi connectivity index (χ1v) is 5.37. The molecule has 2 heterocycles. The molecule has 0 spiro atoms. The molecular weight excluding hydrogens is 216 g/mol. The van der Waals surface area contributed by atoms with E-state index in [0.29, 0.717) is 18.2 Å². The molecule has 0 aromatic carbocycles. The van der Waals surface area contributed by atoms with Crippen molar-refractivity contribution in [3.63, 3.8) is 0 Å². The molecule has 5 nitrogen and oxygen atoms in total. The maximum absolute atomic E-state index is 11.2. The highest BCUT2D eigenvalue weighted by molar-refractivity contribution is 5.34. The Morgan fingerprint density at radius 2 is 2.24 bits per heavy atom. The SMILES string of the molecule is Cc1nc(NCc2ncccc2C)cc(=O)[nH]1. The molecule has 88 valence electrons. The number of rotatable bonds is 3. The molecular formula is C12H14N4O. The van der Waals surface area contributed by atoms with Crippen LogP contribution in [0.4, 0.5) is 5.82 Å². The smallest absolute Gasteiger partial charge is 0.252 e. The van der Waals surface area contributed by atoms with Gasteiger partial charge in [0.1, 0.15) is 11.6 Å². The number of nitrogens with zero attached hydrogens (tertiary/aromatic N) is 2. The standard InChI is InChI=1S/C12H14N4O/c1-8-4-3-5-13-10(8)7-14-11-6-12(17)16-9(2)15-11/h3-6H,7H2,1-2H3,(H2,14,15,16,17). The molecule has 0 amide bonds. The van der Waals surface area contributed by atoms with Crippen molar-refractivity contribution in [1.29, 1.82) is 0 Å². The molecule has 0 atom stereocenters. The summed E-state index contributed by atoms with van der Waals surface area (Å²) in [7, 11) is 0. The lowest BCUT2D eigenvalue weighted by atomic mass is 10.2. The van der Waals surface area contributed by atoms with Crippen LogP contribution >= 0.6 is 0 Å². The highest BCUT2D eigenvalue weighted by Crippen LogP contribution is 2.06. The monoisotopic (exact) mass is 230 g/mol. The second kappa shape index (κ2) is 4.78. The Balaban J connectivity index is 2.13. The largest absolute Gasteiger partial charge is 0.364 e. The van der Waals surface area contributed by atoms with Crippen LogP contribution in [0.25, 0.3) is 0 Å². The molecule has 0 unspecified atom stereocenters. The Kier molecular flexibility index (Phi) is 3.18. The lowest BCUT2D eigenvalue weighted by molar-refractivity contribution is 0.969. The average Bonchev–Trinajstić information content (AvgIpc) is 2.27. The topological polar surface area (TPSA) is 70.7 Å². The number of anilines is 1. The van der Waals surface area contributed by atoms with Crippen LogP contribution in [0.1, 0.15) is 17.1 Å². The number of hydrogen-bond acceptors (Lipinski definition) is 4. The number of aromatic amines is 1. The van der Waals surface area contributed by atoms with Gasteiger partial charge in [-0.3, -0.25) is 9.78 Å². The van der Waals surface area contributed by atoms with E-state index in [9.17, 15) is 4.79 Å². The zero-order valence-corrected chi connectivity index (χ0v) is 9.82. The van der Waals surface area contributed by atoms with Crippen molar-refractivity contribution in [3.8, 4) is 0 Å². The summed E-state index contributed by atoms with van der Waals surface area (Å²) in [5.74, 6) is 1.16. The second-order valence-corrected chi connectivity index (χ2v) is 3.84. The predicted molar refractivity (Wildman–Crippen MR) is 65.9 cm³/mol. The van der Waals surface area contributed by atoms with Gasteiger partial charge in [0.25, 0.3) is 5.56 Å². The highest BCUT2D eigenvalue weighted by atomic mass is 16.1. The van der Waals surface area contributed by atoms with E-state index in [1.54, 1.807) is 13.1 Å². The summed E-state index contributed by atoms with van der Waals surface area (Å²) in [5, 5.41) is 3.09. The van der Waals surface area contributed by atoms with Crippen LogP contribution < -0.4 is 10.9 Å². The lowest BCUT2D eigenvalue weighted by Crippen LogP contribution is -2.12. The van der Waals surface area contributed by atoms with E-state index in [2.05, 4.69) is 20.3 Å². The summed E-state index contributed by atoms with van der Waals surface area (Å²) in [4.78, 5) is 22.3. The van der Waals surface area contributed by atoms with Crippen molar-refractivity contribution in [1.82, 2.24) is 15.0 Å². The molecule has 0 fully saturated rings. The highest BCUT2D eigenvalue weighted by Gasteiger charge is 2.01. The number of aromatic nitrogens is 3. The molecule has 0 aliphatic carbocycles. The number of aryl methyl sites for hydroxylation is 2. The lowest BCUT2D eigenvalue weighted by Gasteiger charge is -2.07. The van der Waals surface area contributed by atoms with Crippen molar-refractivity contribution < 1.29 is 0 Å². The first-order valence-electron chi connectivity index (χ1n) is 5.37. The fraction of sp³-hybridized carbons (Fsp3) is 0.250. The summed E-state index contributed by atoms with van der Waals surface area (Å²) in [6, 6.07) is 5.33. The van der Waals surface area contributed by atoms with Gasteiger partial charge in [-0.05, 0) is 25.5 Å². The van der Waals surface area contributed by atoms with E-state index in [1.165, 1.54) is 6.07 Å². The molecule has 2 N–H and O–H groups in total. The summed E-state index contributed by atoms with van der Waals surface area (Å²) in [6.07, 6.45) is 1.75. The normalized spacial score (nSPS) is 10.2. The van der Waals surface area contributed by atoms with E-state index in [4.69, 9.17) is 0 Å². The zero-order chi connectivity index (χ0) is 12.3. The molecule has 2 aromatic heterocycles. The van der Waals surface area contributed by atoms with Crippen molar-refractivity contribution in [2.24, 2.45) is 0 Å². The third-order valence-electron chi connectivity index (χ3n) is 2.41. The van der Waals surface area contributed by atoms with Gasteiger partial charge >= 0.3 is 0 Å². The van der Waals surface area contributed by atoms with Crippen molar-refractivity contribution in [2.75, 3.05) is 5.32 Å². The van der Waals surface area contributed by atoms with Gasteiger partial charge in [-0.25, -0.2) is 4.98 Å². The number of hydrogen-bond donors (Lipinski definition) is 2. The Hall–Kier alpha value is -2.17. The minimum Gasteiger partial charge on any atom is -0.364 e. The molecule has 0 bridgehead atoms. The van der Waals surface area contributed by atoms with Crippen molar-refractivity contribution in [3.05, 3.63) is 51.8 Å². The summed E-state index contributed by atoms with van der Waals surface area (Å²) in [5.41, 5.74) is 1.91. The van der Waals surface area contributed by atoms with Crippen molar-refractivity contribution >= 4 is 5.82 Å². The van der Waals surface area contributed by atoms with Gasteiger partial charge in [0.2, 0.25) is 0 Å². The van der Waals surface area contributed by atoms with E-state index in [-0.39, 0.29) is 5.56 Å². The summed E-state index contributed by atoms with van der Waals surface area (Å²) < 4.78 is 0. The minimum absolute atomic E-state index is 0.155. The molecule has 5 heteroatoms. The molecule has 0 radical (unpaired) electrons. The van der Waals surface area contributed by atoms with Crippen LogP contribution in [0.5, 0.6) is 0 Å². The zero-order valence-electron chi connectivity index (χ0n) is 9.82. The maximum Gasteiger partial charge on any atom is 0.252 e. The van der Waals surface area contributed by atoms with Gasteiger partial charge in [0, 0.05) is 12.3 Å². The summed E-state index contributed by atoms with van der Waals surface area (Å²) >= 11 is 0. The minimum atomic E-state index is -0.155. The average molecular weight is 230 g/mol. The Morgan fingerprint density at radius 1 is 1.41 bits per heavy atom. The number of pyridine rings is 1. The number of nitrogens with one attached hydrogen (secondary N) is 2. The third-order valence-corrected chi connectivity index (χ3v) is 2.41. The first-order chi connectivity index (χ1) is 8.15. The van der Waals surface area contributed by atoms with Crippen LogP contribution in [0, 0.1) is 13.8 Å². The fourth-order valence-electron chi connectivity index (χ4n) is 1.55. The Morgan fingerprint density at radius 3 is 2.94 bits per heavy atom. The van der Waals surface area contributed by atoms with Crippen LogP contribution in [0.15, 0.2) is 29.2 Å². The Bertz CT molecular complexity index is 577. The molecule has 17 heavy (non-hydrogen) atoms. The van der Waals surface area contributed by atoms with Gasteiger partial charge < -0.3 is 10.3 Å². The van der Waals surface area contributed by atoms with Gasteiger partial charge in [-0.2, -0.15) is 0 Å². The summed E-state index contributed by atoms with van der Waals surface area (Å²) in [6.45, 7) is 4.31. The first kappa shape index (κ1) is 11.3. The molecule has 0 aliphatic rings. The van der Waals surface area contributed by atoms with Crippen LogP contribution in [0.3, 0.4) is 0 Å². The third kappa shape index (κ3) is 2.90. The van der Waals surface area contributed by atoms with Crippen LogP contribution in [-0.2, 0) is 6.54 Å². The van der Waals surface area contributed by atoms with E-state index in [1.807, 2.05) is 19.1 Å². The molecule has 0 saturated heterocycles. The maximum atomic E-state index is 11.2. The van der Waals surface area contributed by atoms with Gasteiger partial charge in [-0.1, -0.05) is 6.07 Å². The van der Waals surface area contributed by atoms with E-state index >= 15 is 0 Å². The number of H-pyrrole nitrogens is 1. The van der Waals surface area contributed by atoms with Crippen LogP contribution in [-0.4, -0.2) is 15.0 Å². The molecule has 0 saturated carbocycles. The van der Waals surface area contributed by atoms with E-state index in [0.717, 1.165) is 11.3 Å². The van der Waals surface area contributed by atoms with Crippen molar-refractivity contribution in [2.45, 2.75) is 20.4 Å². The quantitative estimate of drug-likeness (QED) is 0.836. The Labute approximate surface area is 99.0 Å². The second-order valence-electron chi connectivity index (χ2n) is 3.84.